The molecule has 1 amide bonds. The third-order valence-electron chi connectivity index (χ3n) is 3.98. The van der Waals surface area contributed by atoms with Crippen LogP contribution in [0.4, 0.5) is 14.6 Å². The number of halogens is 2. The first-order chi connectivity index (χ1) is 11.9. The number of H-pyrrole nitrogens is 1. The maximum atomic E-state index is 13.8. The second-order valence-electron chi connectivity index (χ2n) is 5.71. The number of rotatable bonds is 4. The molecule has 0 fully saturated rings. The predicted octanol–water partition coefficient (Wildman–Crippen LogP) is 3.70. The van der Waals surface area contributed by atoms with Gasteiger partial charge in [0.15, 0.2) is 5.82 Å². The third-order valence-corrected chi connectivity index (χ3v) is 3.98. The van der Waals surface area contributed by atoms with E-state index < -0.39 is 17.6 Å². The Hall–Kier alpha value is -3.03. The van der Waals surface area contributed by atoms with E-state index in [0.717, 1.165) is 12.1 Å². The lowest BCUT2D eigenvalue weighted by Gasteiger charge is -2.10. The summed E-state index contributed by atoms with van der Waals surface area (Å²) in [6.07, 6.45) is 0. The number of benzene rings is 1. The van der Waals surface area contributed by atoms with E-state index in [-0.39, 0.29) is 23.0 Å². The topological polar surface area (TPSA) is 83.8 Å². The van der Waals surface area contributed by atoms with Crippen LogP contribution in [0.25, 0.3) is 11.3 Å². The van der Waals surface area contributed by atoms with Gasteiger partial charge >= 0.3 is 0 Å². The van der Waals surface area contributed by atoms with E-state index in [4.69, 9.17) is 4.52 Å². The summed E-state index contributed by atoms with van der Waals surface area (Å²) >= 11 is 0. The Balaban J connectivity index is 1.81. The van der Waals surface area contributed by atoms with Crippen LogP contribution in [-0.4, -0.2) is 21.3 Å². The molecule has 0 radical (unpaired) electrons. The lowest BCUT2D eigenvalue weighted by atomic mass is 9.99. The van der Waals surface area contributed by atoms with E-state index in [1.165, 1.54) is 12.1 Å². The number of amides is 1. The highest BCUT2D eigenvalue weighted by atomic mass is 19.1. The molecule has 0 saturated carbocycles. The van der Waals surface area contributed by atoms with Crippen LogP contribution in [0.2, 0.25) is 0 Å². The number of anilines is 1. The molecule has 130 valence electrons. The Morgan fingerprint density at radius 2 is 1.96 bits per heavy atom. The fourth-order valence-electron chi connectivity index (χ4n) is 2.74. The summed E-state index contributed by atoms with van der Waals surface area (Å²) in [5.74, 6) is -1.55. The number of nitrogens with one attached hydrogen (secondary N) is 2. The molecule has 1 aromatic carbocycles. The summed E-state index contributed by atoms with van der Waals surface area (Å²) in [5, 5.41) is 12.9. The molecular weight excluding hydrogens is 330 g/mol. The van der Waals surface area contributed by atoms with Crippen molar-refractivity contribution in [1.29, 1.82) is 0 Å². The second-order valence-corrected chi connectivity index (χ2v) is 5.71. The summed E-state index contributed by atoms with van der Waals surface area (Å²) in [6, 6.07) is 4.95. The summed E-state index contributed by atoms with van der Waals surface area (Å²) in [6.45, 7) is 5.20. The molecule has 1 unspecified atom stereocenters. The lowest BCUT2D eigenvalue weighted by Crippen LogP contribution is -2.20. The maximum Gasteiger partial charge on any atom is 0.233 e. The van der Waals surface area contributed by atoms with Gasteiger partial charge in [-0.25, -0.2) is 8.78 Å². The zero-order chi connectivity index (χ0) is 18.1. The van der Waals surface area contributed by atoms with E-state index in [2.05, 4.69) is 20.7 Å². The van der Waals surface area contributed by atoms with Crippen LogP contribution in [-0.2, 0) is 4.79 Å². The molecule has 2 N–H and O–H groups in total. The first-order valence-electron chi connectivity index (χ1n) is 7.62. The zero-order valence-electron chi connectivity index (χ0n) is 13.9. The molecule has 0 saturated heterocycles. The normalized spacial score (nSPS) is 12.2. The number of carbonyl (C=O) groups is 1. The molecule has 3 aromatic rings. The molecular formula is C17H16F2N4O2. The monoisotopic (exact) mass is 346 g/mol. The van der Waals surface area contributed by atoms with Crippen molar-refractivity contribution in [3.8, 4) is 11.3 Å². The van der Waals surface area contributed by atoms with Crippen molar-refractivity contribution in [3.05, 3.63) is 52.9 Å². The Labute approximate surface area is 142 Å². The Kier molecular flexibility index (Phi) is 4.35. The maximum absolute atomic E-state index is 13.8. The van der Waals surface area contributed by atoms with E-state index in [0.29, 0.717) is 17.0 Å². The van der Waals surface area contributed by atoms with Crippen molar-refractivity contribution in [2.45, 2.75) is 26.7 Å². The fraction of sp³-hybridized carbons (Fsp3) is 0.235. The van der Waals surface area contributed by atoms with Gasteiger partial charge in [0.1, 0.15) is 17.4 Å². The first kappa shape index (κ1) is 16.8. The minimum absolute atomic E-state index is 0.135. The average molecular weight is 346 g/mol. The Morgan fingerprint density at radius 3 is 2.56 bits per heavy atom. The van der Waals surface area contributed by atoms with Gasteiger partial charge in [-0.05, 0) is 32.9 Å². The lowest BCUT2D eigenvalue weighted by molar-refractivity contribution is -0.117. The first-order valence-corrected chi connectivity index (χ1v) is 7.62. The second kappa shape index (κ2) is 6.46. The largest absolute Gasteiger partial charge is 0.361 e. The SMILES string of the molecule is Cc1noc(C)c1C(C)C(=O)Nc1cc(-c2c(F)cccc2F)[nH]n1. The van der Waals surface area contributed by atoms with Gasteiger partial charge in [0, 0.05) is 11.6 Å². The van der Waals surface area contributed by atoms with Gasteiger partial charge in [-0.2, -0.15) is 5.10 Å². The number of aryl methyl sites for hydroxylation is 2. The average Bonchev–Trinajstić information content (AvgIpc) is 3.13. The molecule has 0 aliphatic rings. The van der Waals surface area contributed by atoms with Gasteiger partial charge in [0.25, 0.3) is 0 Å². The number of hydrogen-bond donors (Lipinski definition) is 2. The number of carbonyl (C=O) groups excluding carboxylic acids is 1. The van der Waals surface area contributed by atoms with Gasteiger partial charge in [-0.3, -0.25) is 9.89 Å². The van der Waals surface area contributed by atoms with Crippen LogP contribution in [0.15, 0.2) is 28.8 Å². The van der Waals surface area contributed by atoms with Crippen LogP contribution in [0.1, 0.15) is 29.9 Å². The molecule has 6 nitrogen and oxygen atoms in total. The molecule has 0 bridgehead atoms. The Morgan fingerprint density at radius 1 is 1.28 bits per heavy atom. The third kappa shape index (κ3) is 3.15. The molecule has 0 aliphatic heterocycles. The summed E-state index contributed by atoms with van der Waals surface area (Å²) < 4.78 is 32.7. The minimum atomic E-state index is -0.717. The fourth-order valence-corrected chi connectivity index (χ4v) is 2.74. The minimum Gasteiger partial charge on any atom is -0.361 e. The highest BCUT2D eigenvalue weighted by Crippen LogP contribution is 2.27. The molecule has 2 aromatic heterocycles. The zero-order valence-corrected chi connectivity index (χ0v) is 13.9. The van der Waals surface area contributed by atoms with Gasteiger partial charge in [-0.15, -0.1) is 0 Å². The van der Waals surface area contributed by atoms with E-state index in [9.17, 15) is 13.6 Å². The van der Waals surface area contributed by atoms with Crippen molar-refractivity contribution >= 4 is 11.7 Å². The Bertz CT molecular complexity index is 893. The van der Waals surface area contributed by atoms with Crippen LogP contribution in [0.3, 0.4) is 0 Å². The highest BCUT2D eigenvalue weighted by Gasteiger charge is 2.24. The number of aromatic nitrogens is 3. The molecule has 1 atom stereocenters. The van der Waals surface area contributed by atoms with Crippen LogP contribution >= 0.6 is 0 Å². The summed E-state index contributed by atoms with van der Waals surface area (Å²) in [5.41, 5.74) is 1.25. The standard InChI is InChI=1S/C17H16F2N4O2/c1-8(15-9(2)23-25-10(15)3)17(24)20-14-7-13(21-22-14)16-11(18)5-4-6-12(16)19/h4-8H,1-3H3,(H2,20,21,22,24). The number of nitrogens with zero attached hydrogens (tertiary/aromatic N) is 2. The van der Waals surface area contributed by atoms with Gasteiger partial charge < -0.3 is 9.84 Å². The van der Waals surface area contributed by atoms with E-state index >= 15 is 0 Å². The molecule has 0 aliphatic carbocycles. The van der Waals surface area contributed by atoms with E-state index in [1.807, 2.05) is 0 Å². The van der Waals surface area contributed by atoms with Crippen LogP contribution < -0.4 is 5.32 Å². The number of hydrogen-bond acceptors (Lipinski definition) is 4. The van der Waals surface area contributed by atoms with Crippen molar-refractivity contribution in [3.63, 3.8) is 0 Å². The summed E-state index contributed by atoms with van der Waals surface area (Å²) in [4.78, 5) is 12.4. The van der Waals surface area contributed by atoms with Crippen molar-refractivity contribution in [2.75, 3.05) is 5.32 Å². The van der Waals surface area contributed by atoms with Crippen molar-refractivity contribution in [2.24, 2.45) is 0 Å². The van der Waals surface area contributed by atoms with Crippen LogP contribution in [0.5, 0.6) is 0 Å². The van der Waals surface area contributed by atoms with E-state index in [1.54, 1.807) is 20.8 Å². The van der Waals surface area contributed by atoms with Crippen LogP contribution in [0, 0.1) is 25.5 Å². The van der Waals surface area contributed by atoms with Crippen molar-refractivity contribution < 1.29 is 18.1 Å². The van der Waals surface area contributed by atoms with Gasteiger partial charge in [0.05, 0.1) is 22.9 Å². The molecule has 3 rings (SSSR count). The highest BCUT2D eigenvalue weighted by molar-refractivity contribution is 5.95. The summed E-state index contributed by atoms with van der Waals surface area (Å²) in [7, 11) is 0. The predicted molar refractivity (Wildman–Crippen MR) is 87.0 cm³/mol. The van der Waals surface area contributed by atoms with Gasteiger partial charge in [0.2, 0.25) is 5.91 Å². The number of aromatic amines is 1. The molecule has 0 spiro atoms. The molecule has 25 heavy (non-hydrogen) atoms. The smallest absolute Gasteiger partial charge is 0.233 e. The molecule has 2 heterocycles. The van der Waals surface area contributed by atoms with Gasteiger partial charge in [-0.1, -0.05) is 11.2 Å². The van der Waals surface area contributed by atoms with Crippen molar-refractivity contribution in [1.82, 2.24) is 15.4 Å². The quantitative estimate of drug-likeness (QED) is 0.754. The molecule has 8 heteroatoms.